The fourth-order valence-corrected chi connectivity index (χ4v) is 2.67. The third kappa shape index (κ3) is 19.2. The highest BCUT2D eigenvalue weighted by Crippen LogP contribution is 2.12. The van der Waals surface area contributed by atoms with Crippen LogP contribution >= 0.6 is 0 Å². The van der Waals surface area contributed by atoms with Crippen LogP contribution in [-0.2, 0) is 4.79 Å². The molecule has 0 aliphatic carbocycles. The van der Waals surface area contributed by atoms with Gasteiger partial charge in [0.1, 0.15) is 0 Å². The van der Waals surface area contributed by atoms with Crippen molar-refractivity contribution in [1.82, 2.24) is 0 Å². The normalized spacial score (nSPS) is 11.6. The molecule has 0 saturated carbocycles. The van der Waals surface area contributed by atoms with Crippen LogP contribution in [0.3, 0.4) is 0 Å². The van der Waals surface area contributed by atoms with E-state index in [2.05, 4.69) is 26.0 Å². The molecule has 0 aliphatic rings. The Morgan fingerprint density at radius 3 is 1.73 bits per heavy atom. The number of carbonyl (C=O) groups excluding carboxylic acids is 1. The van der Waals surface area contributed by atoms with Crippen molar-refractivity contribution >= 4 is 5.91 Å². The molecular weight excluding hydrogens is 270 g/mol. The van der Waals surface area contributed by atoms with E-state index in [0.29, 0.717) is 6.42 Å². The molecule has 2 N–H and O–H groups in total. The van der Waals surface area contributed by atoms with Crippen LogP contribution in [0.15, 0.2) is 12.2 Å². The van der Waals surface area contributed by atoms with Crippen molar-refractivity contribution in [2.45, 2.75) is 104 Å². The molecule has 0 aromatic rings. The Balaban J connectivity index is 3.10. The lowest BCUT2D eigenvalue weighted by Gasteiger charge is -2.03. The van der Waals surface area contributed by atoms with E-state index in [1.54, 1.807) is 0 Å². The maximum atomic E-state index is 10.6. The maximum absolute atomic E-state index is 10.6. The summed E-state index contributed by atoms with van der Waals surface area (Å²) in [6.07, 6.45) is 22.0. The Morgan fingerprint density at radius 1 is 0.773 bits per heavy atom. The summed E-state index contributed by atoms with van der Waals surface area (Å²) in [4.78, 5) is 10.6. The molecule has 0 bridgehead atoms. The third-order valence-corrected chi connectivity index (χ3v) is 4.11. The van der Waals surface area contributed by atoms with Gasteiger partial charge in [0.2, 0.25) is 5.91 Å². The van der Waals surface area contributed by atoms with Gasteiger partial charge >= 0.3 is 0 Å². The average molecular weight is 310 g/mol. The quantitative estimate of drug-likeness (QED) is 0.270. The van der Waals surface area contributed by atoms with E-state index in [1.807, 2.05) is 0 Å². The zero-order valence-corrected chi connectivity index (χ0v) is 15.1. The molecule has 0 saturated heterocycles. The first-order valence-corrected chi connectivity index (χ1v) is 9.56. The van der Waals surface area contributed by atoms with Crippen LogP contribution in [0, 0.1) is 5.92 Å². The van der Waals surface area contributed by atoms with E-state index >= 15 is 0 Å². The lowest BCUT2D eigenvalue weighted by atomic mass is 10.0. The minimum atomic E-state index is -0.164. The number of unbranched alkanes of at least 4 members (excludes halogenated alkanes) is 10. The monoisotopic (exact) mass is 309 g/mol. The highest BCUT2D eigenvalue weighted by Gasteiger charge is 1.95. The summed E-state index contributed by atoms with van der Waals surface area (Å²) in [5.74, 6) is 0.703. The summed E-state index contributed by atoms with van der Waals surface area (Å²) >= 11 is 0. The number of amides is 1. The van der Waals surface area contributed by atoms with E-state index in [9.17, 15) is 4.79 Å². The first-order chi connectivity index (χ1) is 10.6. The van der Waals surface area contributed by atoms with Crippen molar-refractivity contribution in [2.75, 3.05) is 0 Å². The molecule has 0 heterocycles. The molecule has 2 heteroatoms. The standard InChI is InChI=1S/C20H39NO/c1-19(2)17-15-13-11-9-7-5-3-4-6-8-10-12-14-16-18-20(21)22/h3-4,19H,5-18H2,1-2H3,(H2,21,22). The summed E-state index contributed by atoms with van der Waals surface area (Å²) in [6, 6.07) is 0. The van der Waals surface area contributed by atoms with E-state index in [4.69, 9.17) is 5.73 Å². The molecule has 22 heavy (non-hydrogen) atoms. The minimum absolute atomic E-state index is 0.164. The van der Waals surface area contributed by atoms with Crippen LogP contribution in [0.2, 0.25) is 0 Å². The van der Waals surface area contributed by atoms with Crippen molar-refractivity contribution < 1.29 is 4.79 Å². The molecule has 0 unspecified atom stereocenters. The highest BCUT2D eigenvalue weighted by molar-refractivity contribution is 5.73. The Labute approximate surface area is 138 Å². The maximum Gasteiger partial charge on any atom is 0.217 e. The van der Waals surface area contributed by atoms with Crippen molar-refractivity contribution in [3.8, 4) is 0 Å². The first-order valence-electron chi connectivity index (χ1n) is 9.56. The first kappa shape index (κ1) is 21.2. The van der Waals surface area contributed by atoms with Gasteiger partial charge in [0, 0.05) is 6.42 Å². The van der Waals surface area contributed by atoms with Gasteiger partial charge in [-0.2, -0.15) is 0 Å². The number of rotatable bonds is 16. The number of hydrogen-bond acceptors (Lipinski definition) is 1. The molecule has 0 atom stereocenters. The number of hydrogen-bond donors (Lipinski definition) is 1. The summed E-state index contributed by atoms with van der Waals surface area (Å²) < 4.78 is 0. The Hall–Kier alpha value is -0.790. The molecule has 0 rings (SSSR count). The molecule has 2 nitrogen and oxygen atoms in total. The Bertz CT molecular complexity index is 271. The second-order valence-corrected chi connectivity index (χ2v) is 6.98. The lowest BCUT2D eigenvalue weighted by Crippen LogP contribution is -2.09. The largest absolute Gasteiger partial charge is 0.370 e. The molecular formula is C20H39NO. The molecule has 0 aromatic heterocycles. The third-order valence-electron chi connectivity index (χ3n) is 4.11. The lowest BCUT2D eigenvalue weighted by molar-refractivity contribution is -0.118. The van der Waals surface area contributed by atoms with Gasteiger partial charge in [-0.05, 0) is 38.0 Å². The van der Waals surface area contributed by atoms with Crippen molar-refractivity contribution in [1.29, 1.82) is 0 Å². The van der Waals surface area contributed by atoms with Gasteiger partial charge in [-0.25, -0.2) is 0 Å². The highest BCUT2D eigenvalue weighted by atomic mass is 16.1. The fraction of sp³-hybridized carbons (Fsp3) is 0.850. The summed E-state index contributed by atoms with van der Waals surface area (Å²) in [6.45, 7) is 4.62. The summed E-state index contributed by atoms with van der Waals surface area (Å²) in [5, 5.41) is 0. The van der Waals surface area contributed by atoms with E-state index in [-0.39, 0.29) is 5.91 Å². The van der Waals surface area contributed by atoms with Crippen LogP contribution in [-0.4, -0.2) is 5.91 Å². The van der Waals surface area contributed by atoms with Crippen LogP contribution in [0.25, 0.3) is 0 Å². The molecule has 0 fully saturated rings. The molecule has 0 aromatic carbocycles. The van der Waals surface area contributed by atoms with Gasteiger partial charge in [0.15, 0.2) is 0 Å². The number of nitrogens with two attached hydrogens (primary N) is 1. The van der Waals surface area contributed by atoms with Gasteiger partial charge in [-0.3, -0.25) is 4.79 Å². The van der Waals surface area contributed by atoms with E-state index in [0.717, 1.165) is 18.8 Å². The second kappa shape index (κ2) is 16.6. The SMILES string of the molecule is CC(C)CCCCCCCC=CCCCCCCCC(N)=O. The summed E-state index contributed by atoms with van der Waals surface area (Å²) in [7, 11) is 0. The van der Waals surface area contributed by atoms with Gasteiger partial charge in [-0.15, -0.1) is 0 Å². The predicted molar refractivity (Wildman–Crippen MR) is 97.8 cm³/mol. The van der Waals surface area contributed by atoms with Crippen LogP contribution < -0.4 is 5.73 Å². The number of carbonyl (C=O) groups is 1. The average Bonchev–Trinajstić information content (AvgIpc) is 2.46. The molecule has 0 spiro atoms. The number of primary amides is 1. The van der Waals surface area contributed by atoms with Crippen molar-refractivity contribution in [2.24, 2.45) is 11.7 Å². The van der Waals surface area contributed by atoms with Crippen LogP contribution in [0.4, 0.5) is 0 Å². The summed E-state index contributed by atoms with van der Waals surface area (Å²) in [5.41, 5.74) is 5.11. The fourth-order valence-electron chi connectivity index (χ4n) is 2.67. The zero-order chi connectivity index (χ0) is 16.5. The molecule has 0 radical (unpaired) electrons. The smallest absolute Gasteiger partial charge is 0.217 e. The van der Waals surface area contributed by atoms with Gasteiger partial charge < -0.3 is 5.73 Å². The van der Waals surface area contributed by atoms with Crippen LogP contribution in [0.5, 0.6) is 0 Å². The predicted octanol–water partition coefficient (Wildman–Crippen LogP) is 6.15. The zero-order valence-electron chi connectivity index (χ0n) is 15.1. The van der Waals surface area contributed by atoms with Gasteiger partial charge in [0.05, 0.1) is 0 Å². The van der Waals surface area contributed by atoms with Gasteiger partial charge in [0.25, 0.3) is 0 Å². The van der Waals surface area contributed by atoms with Crippen molar-refractivity contribution in [3.63, 3.8) is 0 Å². The minimum Gasteiger partial charge on any atom is -0.370 e. The van der Waals surface area contributed by atoms with E-state index < -0.39 is 0 Å². The molecule has 130 valence electrons. The Kier molecular flexibility index (Phi) is 16.0. The molecule has 1 amide bonds. The number of allylic oxidation sites excluding steroid dienone is 2. The van der Waals surface area contributed by atoms with E-state index in [1.165, 1.54) is 70.6 Å². The van der Waals surface area contributed by atoms with Crippen LogP contribution in [0.1, 0.15) is 104 Å². The molecule has 0 aliphatic heterocycles. The Morgan fingerprint density at radius 2 is 1.23 bits per heavy atom. The topological polar surface area (TPSA) is 43.1 Å². The van der Waals surface area contributed by atoms with Crippen molar-refractivity contribution in [3.05, 3.63) is 12.2 Å². The second-order valence-electron chi connectivity index (χ2n) is 6.98. The van der Waals surface area contributed by atoms with Gasteiger partial charge in [-0.1, -0.05) is 77.4 Å².